The Bertz CT molecular complexity index is 2250. The Balaban J connectivity index is 1.22. The van der Waals surface area contributed by atoms with E-state index in [2.05, 4.69) is 115 Å². The first-order valence-corrected chi connectivity index (χ1v) is 15.6. The second kappa shape index (κ2) is 11.7. The predicted molar refractivity (Wildman–Crippen MR) is 186 cm³/mol. The summed E-state index contributed by atoms with van der Waals surface area (Å²) in [7, 11) is 0. The van der Waals surface area contributed by atoms with E-state index in [1.54, 1.807) is 11.3 Å². The Labute approximate surface area is 265 Å². The zero-order chi connectivity index (χ0) is 30.0. The first-order valence-electron chi connectivity index (χ1n) is 14.8. The molecule has 2 aromatic heterocycles. The van der Waals surface area contributed by atoms with E-state index in [4.69, 9.17) is 19.9 Å². The topological polar surface area (TPSA) is 51.6 Å². The Morgan fingerprint density at radius 1 is 0.333 bits per heavy atom. The molecular formula is C40H26N4S. The minimum atomic E-state index is 0.628. The maximum Gasteiger partial charge on any atom is 0.164 e. The number of fused-ring (bicyclic) bond motifs is 1. The van der Waals surface area contributed by atoms with Crippen molar-refractivity contribution in [2.75, 3.05) is 0 Å². The molecule has 45 heavy (non-hydrogen) atoms. The lowest BCUT2D eigenvalue weighted by Gasteiger charge is -2.10. The van der Waals surface area contributed by atoms with Gasteiger partial charge in [0.2, 0.25) is 0 Å². The summed E-state index contributed by atoms with van der Waals surface area (Å²) < 4.78 is 1.16. The van der Waals surface area contributed by atoms with Crippen LogP contribution in [0, 0.1) is 0 Å². The van der Waals surface area contributed by atoms with Crippen molar-refractivity contribution in [3.05, 3.63) is 158 Å². The van der Waals surface area contributed by atoms with Gasteiger partial charge in [-0.25, -0.2) is 19.9 Å². The van der Waals surface area contributed by atoms with Gasteiger partial charge in [0.05, 0.1) is 10.2 Å². The summed E-state index contributed by atoms with van der Waals surface area (Å²) in [5, 5.41) is 1.02. The van der Waals surface area contributed by atoms with Crippen molar-refractivity contribution >= 4 is 21.6 Å². The molecule has 0 amide bonds. The Hall–Kier alpha value is -5.78. The molecule has 0 saturated heterocycles. The molecule has 8 aromatic rings. The Morgan fingerprint density at radius 3 is 1.47 bits per heavy atom. The first-order chi connectivity index (χ1) is 22.3. The molecular weight excluding hydrogens is 569 g/mol. The third-order valence-corrected chi connectivity index (χ3v) is 8.86. The van der Waals surface area contributed by atoms with Crippen LogP contribution < -0.4 is 0 Å². The number of rotatable bonds is 6. The van der Waals surface area contributed by atoms with Gasteiger partial charge in [-0.2, -0.15) is 0 Å². The monoisotopic (exact) mass is 594 g/mol. The molecule has 2 heterocycles. The summed E-state index contributed by atoms with van der Waals surface area (Å²) in [6.07, 6.45) is 0. The smallest absolute Gasteiger partial charge is 0.164 e. The van der Waals surface area contributed by atoms with Gasteiger partial charge in [0.25, 0.3) is 0 Å². The molecule has 5 heteroatoms. The van der Waals surface area contributed by atoms with Crippen LogP contribution in [0.1, 0.15) is 0 Å². The minimum absolute atomic E-state index is 0.628. The molecule has 212 valence electrons. The highest BCUT2D eigenvalue weighted by Crippen LogP contribution is 2.37. The number of benzene rings is 6. The average molecular weight is 595 g/mol. The fraction of sp³-hybridized carbons (Fsp3) is 0. The molecule has 6 aromatic carbocycles. The largest absolute Gasteiger partial charge is 0.235 e. The van der Waals surface area contributed by atoms with E-state index < -0.39 is 0 Å². The zero-order valence-corrected chi connectivity index (χ0v) is 25.0. The molecule has 0 bridgehead atoms. The van der Waals surface area contributed by atoms with Crippen LogP contribution in [0.2, 0.25) is 0 Å². The van der Waals surface area contributed by atoms with Crippen molar-refractivity contribution in [1.82, 2.24) is 19.9 Å². The molecule has 0 aliphatic rings. The van der Waals surface area contributed by atoms with Crippen molar-refractivity contribution in [3.8, 4) is 67.0 Å². The Kier molecular flexibility index (Phi) is 6.98. The van der Waals surface area contributed by atoms with E-state index in [0.29, 0.717) is 17.5 Å². The van der Waals surface area contributed by atoms with Crippen LogP contribution in [0.3, 0.4) is 0 Å². The van der Waals surface area contributed by atoms with Crippen molar-refractivity contribution in [3.63, 3.8) is 0 Å². The number of nitrogens with zero attached hydrogens (tertiary/aromatic N) is 4. The summed E-state index contributed by atoms with van der Waals surface area (Å²) in [6, 6.07) is 54.0. The Morgan fingerprint density at radius 2 is 0.800 bits per heavy atom. The molecule has 0 atom stereocenters. The molecule has 0 N–H and O–H groups in total. The van der Waals surface area contributed by atoms with E-state index >= 15 is 0 Å². The second-order valence-corrected chi connectivity index (χ2v) is 11.8. The molecule has 0 aliphatic carbocycles. The lowest BCUT2D eigenvalue weighted by atomic mass is 10.0. The summed E-state index contributed by atoms with van der Waals surface area (Å²) in [4.78, 5) is 20.0. The van der Waals surface area contributed by atoms with Crippen LogP contribution in [-0.2, 0) is 0 Å². The molecule has 0 radical (unpaired) electrons. The van der Waals surface area contributed by atoms with Gasteiger partial charge in [-0.3, -0.25) is 0 Å². The third-order valence-electron chi connectivity index (χ3n) is 7.79. The molecule has 0 fully saturated rings. The molecule has 0 aliphatic heterocycles. The van der Waals surface area contributed by atoms with Gasteiger partial charge in [-0.1, -0.05) is 146 Å². The van der Waals surface area contributed by atoms with Gasteiger partial charge in [0.1, 0.15) is 5.01 Å². The maximum atomic E-state index is 5.08. The van der Waals surface area contributed by atoms with Crippen LogP contribution in [0.4, 0.5) is 0 Å². The maximum absolute atomic E-state index is 5.08. The van der Waals surface area contributed by atoms with Crippen LogP contribution >= 0.6 is 11.3 Å². The summed E-state index contributed by atoms with van der Waals surface area (Å²) in [5.74, 6) is 1.91. The molecule has 8 rings (SSSR count). The van der Waals surface area contributed by atoms with Crippen LogP contribution in [-0.4, -0.2) is 19.9 Å². The van der Waals surface area contributed by atoms with Gasteiger partial charge in [0, 0.05) is 27.8 Å². The molecule has 4 nitrogen and oxygen atoms in total. The second-order valence-electron chi connectivity index (χ2n) is 10.7. The normalized spacial score (nSPS) is 11.1. The number of hydrogen-bond donors (Lipinski definition) is 0. The highest BCUT2D eigenvalue weighted by molar-refractivity contribution is 7.21. The summed E-state index contributed by atoms with van der Waals surface area (Å²) >= 11 is 1.71. The van der Waals surface area contributed by atoms with Crippen LogP contribution in [0.25, 0.3) is 77.2 Å². The molecule has 0 saturated carbocycles. The standard InChI is InChI=1S/C40H26N4S/c1-4-12-27(13-5-1)28-22-24-30(25-23-28)38-42-37(29-14-6-2-7-15-29)43-39(44-38)33-19-10-18-32(26-33)34-20-11-21-35-36(34)41-40(45-35)31-16-8-3-9-17-31/h1-26H. The summed E-state index contributed by atoms with van der Waals surface area (Å²) in [5.41, 5.74) is 9.40. The van der Waals surface area contributed by atoms with Crippen molar-refractivity contribution in [2.45, 2.75) is 0 Å². The van der Waals surface area contributed by atoms with Crippen molar-refractivity contribution < 1.29 is 0 Å². The van der Waals surface area contributed by atoms with Gasteiger partial charge >= 0.3 is 0 Å². The zero-order valence-electron chi connectivity index (χ0n) is 24.2. The van der Waals surface area contributed by atoms with E-state index in [1.165, 1.54) is 5.56 Å². The first kappa shape index (κ1) is 26.8. The van der Waals surface area contributed by atoms with Gasteiger partial charge < -0.3 is 0 Å². The average Bonchev–Trinajstić information content (AvgIpc) is 3.58. The van der Waals surface area contributed by atoms with E-state index in [9.17, 15) is 0 Å². The van der Waals surface area contributed by atoms with E-state index in [-0.39, 0.29) is 0 Å². The van der Waals surface area contributed by atoms with Crippen molar-refractivity contribution in [2.24, 2.45) is 0 Å². The number of hydrogen-bond acceptors (Lipinski definition) is 5. The van der Waals surface area contributed by atoms with E-state index in [1.807, 2.05) is 42.5 Å². The van der Waals surface area contributed by atoms with Crippen LogP contribution in [0.15, 0.2) is 158 Å². The highest BCUT2D eigenvalue weighted by atomic mass is 32.1. The fourth-order valence-electron chi connectivity index (χ4n) is 5.50. The molecule has 0 unspecified atom stereocenters. The minimum Gasteiger partial charge on any atom is -0.235 e. The highest BCUT2D eigenvalue weighted by Gasteiger charge is 2.15. The number of para-hydroxylation sites is 1. The number of aromatic nitrogens is 4. The quantitative estimate of drug-likeness (QED) is 0.192. The van der Waals surface area contributed by atoms with Gasteiger partial charge in [-0.05, 0) is 28.8 Å². The molecule has 0 spiro atoms. The number of thiazole rings is 1. The third kappa shape index (κ3) is 5.42. The van der Waals surface area contributed by atoms with E-state index in [0.717, 1.165) is 54.2 Å². The SMILES string of the molecule is c1ccc(-c2ccc(-c3nc(-c4ccccc4)nc(-c4cccc(-c5cccc6sc(-c7ccccc7)nc56)c4)n3)cc2)cc1. The van der Waals surface area contributed by atoms with Crippen molar-refractivity contribution in [1.29, 1.82) is 0 Å². The van der Waals surface area contributed by atoms with Gasteiger partial charge in [-0.15, -0.1) is 11.3 Å². The fourth-order valence-corrected chi connectivity index (χ4v) is 6.50. The van der Waals surface area contributed by atoms with Gasteiger partial charge in [0.15, 0.2) is 17.5 Å². The predicted octanol–water partition coefficient (Wildman–Crippen LogP) is 10.5. The summed E-state index contributed by atoms with van der Waals surface area (Å²) in [6.45, 7) is 0. The lowest BCUT2D eigenvalue weighted by molar-refractivity contribution is 1.07. The lowest BCUT2D eigenvalue weighted by Crippen LogP contribution is -2.00. The van der Waals surface area contributed by atoms with Crippen LogP contribution in [0.5, 0.6) is 0 Å².